The molecule has 2 aromatic rings. The fourth-order valence-corrected chi connectivity index (χ4v) is 4.70. The quantitative estimate of drug-likeness (QED) is 0.836. The number of ketones is 1. The minimum atomic E-state index is -0.405. The van der Waals surface area contributed by atoms with Crippen LogP contribution in [0.15, 0.2) is 52.6 Å². The zero-order chi connectivity index (χ0) is 17.7. The third-order valence-corrected chi connectivity index (χ3v) is 5.90. The van der Waals surface area contributed by atoms with Gasteiger partial charge in [0.25, 0.3) is 0 Å². The number of nitrogens with one attached hydrogen (secondary N) is 1. The SMILES string of the molecule is COC(=O)C1=C(C)NC2=C(C(=O)c3ccccc32)[C@@H]1c1sccc1C. The van der Waals surface area contributed by atoms with Crippen LogP contribution in [0.3, 0.4) is 0 Å². The first-order chi connectivity index (χ1) is 12.0. The molecule has 25 heavy (non-hydrogen) atoms. The Labute approximate surface area is 149 Å². The first-order valence-electron chi connectivity index (χ1n) is 8.03. The normalized spacial score (nSPS) is 18.8. The monoisotopic (exact) mass is 351 g/mol. The van der Waals surface area contributed by atoms with Crippen molar-refractivity contribution in [3.63, 3.8) is 0 Å². The highest BCUT2D eigenvalue weighted by Crippen LogP contribution is 2.48. The van der Waals surface area contributed by atoms with Crippen LogP contribution in [0.4, 0.5) is 0 Å². The minimum Gasteiger partial charge on any atom is -0.466 e. The fraction of sp³-hybridized carbons (Fsp3) is 0.200. The summed E-state index contributed by atoms with van der Waals surface area (Å²) in [7, 11) is 1.37. The number of methoxy groups -OCH3 is 1. The van der Waals surface area contributed by atoms with E-state index in [2.05, 4.69) is 5.32 Å². The van der Waals surface area contributed by atoms with Crippen molar-refractivity contribution in [1.29, 1.82) is 0 Å². The molecule has 1 N–H and O–H groups in total. The van der Waals surface area contributed by atoms with Crippen LogP contribution >= 0.6 is 11.3 Å². The van der Waals surface area contributed by atoms with Crippen LogP contribution in [-0.4, -0.2) is 18.9 Å². The minimum absolute atomic E-state index is 0.0233. The second kappa shape index (κ2) is 5.70. The molecule has 0 amide bonds. The Bertz CT molecular complexity index is 980. The lowest BCUT2D eigenvalue weighted by molar-refractivity contribution is -0.136. The number of allylic oxidation sites excluding steroid dienone is 2. The van der Waals surface area contributed by atoms with Crippen LogP contribution in [0.2, 0.25) is 0 Å². The van der Waals surface area contributed by atoms with Crippen molar-refractivity contribution in [2.75, 3.05) is 7.11 Å². The lowest BCUT2D eigenvalue weighted by Gasteiger charge is -2.28. The van der Waals surface area contributed by atoms with E-state index in [9.17, 15) is 9.59 Å². The lowest BCUT2D eigenvalue weighted by atomic mass is 9.82. The number of aryl methyl sites for hydroxylation is 1. The first-order valence-corrected chi connectivity index (χ1v) is 8.91. The molecule has 0 saturated carbocycles. The molecule has 4 nitrogen and oxygen atoms in total. The second-order valence-corrected chi connectivity index (χ2v) is 7.17. The molecular formula is C20H17NO3S. The van der Waals surface area contributed by atoms with E-state index in [0.717, 1.165) is 27.4 Å². The maximum absolute atomic E-state index is 13.1. The summed E-state index contributed by atoms with van der Waals surface area (Å²) in [5.41, 5.74) is 5.33. The Morgan fingerprint density at radius 1 is 1.16 bits per heavy atom. The van der Waals surface area contributed by atoms with Gasteiger partial charge in [-0.15, -0.1) is 11.3 Å². The first kappa shape index (κ1) is 15.8. The van der Waals surface area contributed by atoms with E-state index in [0.29, 0.717) is 16.7 Å². The van der Waals surface area contributed by atoms with Crippen LogP contribution in [0.5, 0.6) is 0 Å². The average Bonchev–Trinajstić information content (AvgIpc) is 3.16. The summed E-state index contributed by atoms with van der Waals surface area (Å²) in [6.45, 7) is 3.86. The number of dihydropyridines is 1. The Morgan fingerprint density at radius 2 is 1.88 bits per heavy atom. The maximum Gasteiger partial charge on any atom is 0.336 e. The van der Waals surface area contributed by atoms with Crippen molar-refractivity contribution in [3.05, 3.63) is 74.1 Å². The highest BCUT2D eigenvalue weighted by atomic mass is 32.1. The molecule has 2 aliphatic rings. The zero-order valence-corrected chi connectivity index (χ0v) is 15.0. The van der Waals surface area contributed by atoms with Crippen molar-refractivity contribution in [2.24, 2.45) is 0 Å². The topological polar surface area (TPSA) is 55.4 Å². The van der Waals surface area contributed by atoms with E-state index >= 15 is 0 Å². The molecule has 1 aliphatic carbocycles. The standard InChI is InChI=1S/C20H17NO3S/c1-10-8-9-25-19(10)15-14(20(23)24-3)11(2)21-17-12-6-4-5-7-13(12)18(22)16(15)17/h4-9,15,21H,1-3H3/t15-/m1/s1. The third kappa shape index (κ3) is 2.19. The molecule has 1 atom stereocenters. The van der Waals surface area contributed by atoms with Gasteiger partial charge in [-0.2, -0.15) is 0 Å². The van der Waals surface area contributed by atoms with Gasteiger partial charge in [0.1, 0.15) is 0 Å². The van der Waals surface area contributed by atoms with Crippen molar-refractivity contribution < 1.29 is 14.3 Å². The van der Waals surface area contributed by atoms with E-state index in [4.69, 9.17) is 4.74 Å². The molecule has 2 heterocycles. The summed E-state index contributed by atoms with van der Waals surface area (Å²) in [6, 6.07) is 9.58. The predicted octanol–water partition coefficient (Wildman–Crippen LogP) is 3.80. The van der Waals surface area contributed by atoms with Crippen molar-refractivity contribution in [1.82, 2.24) is 5.32 Å². The smallest absolute Gasteiger partial charge is 0.336 e. The number of carbonyl (C=O) groups is 2. The van der Waals surface area contributed by atoms with Gasteiger partial charge in [0.05, 0.1) is 24.3 Å². The number of benzene rings is 1. The molecule has 0 unspecified atom stereocenters. The van der Waals surface area contributed by atoms with E-state index in [1.54, 1.807) is 11.3 Å². The van der Waals surface area contributed by atoms with Gasteiger partial charge in [0.15, 0.2) is 5.78 Å². The summed E-state index contributed by atoms with van der Waals surface area (Å²) in [6.07, 6.45) is 0. The summed E-state index contributed by atoms with van der Waals surface area (Å²) in [4.78, 5) is 26.7. The molecule has 1 aliphatic heterocycles. The number of Topliss-reactive ketones (excluding diaryl/α,β-unsaturated/α-hetero) is 1. The van der Waals surface area contributed by atoms with E-state index in [-0.39, 0.29) is 5.78 Å². The zero-order valence-electron chi connectivity index (χ0n) is 14.2. The fourth-order valence-electron chi connectivity index (χ4n) is 3.65. The van der Waals surface area contributed by atoms with Crippen LogP contribution in [0.1, 0.15) is 39.2 Å². The highest BCUT2D eigenvalue weighted by Gasteiger charge is 2.43. The van der Waals surface area contributed by atoms with Crippen molar-refractivity contribution >= 4 is 28.8 Å². The number of esters is 1. The number of hydrogen-bond acceptors (Lipinski definition) is 5. The number of hydrogen-bond donors (Lipinski definition) is 1. The van der Waals surface area contributed by atoms with Gasteiger partial charge in [-0.25, -0.2) is 4.79 Å². The number of rotatable bonds is 2. The Hall–Kier alpha value is -2.66. The van der Waals surface area contributed by atoms with Crippen molar-refractivity contribution in [3.8, 4) is 0 Å². The Kier molecular flexibility index (Phi) is 3.62. The molecule has 5 heteroatoms. The molecule has 0 fully saturated rings. The molecule has 0 radical (unpaired) electrons. The molecule has 1 aromatic heterocycles. The number of ether oxygens (including phenoxy) is 1. The maximum atomic E-state index is 13.1. The van der Waals surface area contributed by atoms with Crippen LogP contribution in [0, 0.1) is 6.92 Å². The summed E-state index contributed by atoms with van der Waals surface area (Å²) < 4.78 is 5.02. The summed E-state index contributed by atoms with van der Waals surface area (Å²) in [5, 5.41) is 5.27. The molecule has 0 spiro atoms. The Balaban J connectivity index is 1.98. The van der Waals surface area contributed by atoms with Gasteiger partial charge >= 0.3 is 5.97 Å². The second-order valence-electron chi connectivity index (χ2n) is 6.22. The van der Waals surface area contributed by atoms with Crippen LogP contribution in [-0.2, 0) is 9.53 Å². The lowest BCUT2D eigenvalue weighted by Crippen LogP contribution is -2.28. The molecule has 4 rings (SSSR count). The van der Waals surface area contributed by atoms with Gasteiger partial charge in [-0.1, -0.05) is 24.3 Å². The third-order valence-electron chi connectivity index (χ3n) is 4.82. The molecule has 0 saturated heterocycles. The Morgan fingerprint density at radius 3 is 2.52 bits per heavy atom. The van der Waals surface area contributed by atoms with Gasteiger partial charge < -0.3 is 10.1 Å². The molecular weight excluding hydrogens is 334 g/mol. The summed E-state index contributed by atoms with van der Waals surface area (Å²) in [5.74, 6) is -0.827. The summed E-state index contributed by atoms with van der Waals surface area (Å²) >= 11 is 1.56. The molecule has 0 bridgehead atoms. The van der Waals surface area contributed by atoms with Gasteiger partial charge in [0.2, 0.25) is 0 Å². The van der Waals surface area contributed by atoms with E-state index in [1.165, 1.54) is 7.11 Å². The van der Waals surface area contributed by atoms with E-state index < -0.39 is 11.9 Å². The highest BCUT2D eigenvalue weighted by molar-refractivity contribution is 7.10. The van der Waals surface area contributed by atoms with Crippen LogP contribution in [0.25, 0.3) is 5.70 Å². The van der Waals surface area contributed by atoms with Gasteiger partial charge in [0, 0.05) is 27.3 Å². The predicted molar refractivity (Wildman–Crippen MR) is 97.3 cm³/mol. The van der Waals surface area contributed by atoms with Crippen molar-refractivity contribution in [2.45, 2.75) is 19.8 Å². The van der Waals surface area contributed by atoms with Gasteiger partial charge in [-0.05, 0) is 30.9 Å². The van der Waals surface area contributed by atoms with Crippen LogP contribution < -0.4 is 5.32 Å². The molecule has 1 aromatic carbocycles. The number of fused-ring (bicyclic) bond motifs is 2. The van der Waals surface area contributed by atoms with Gasteiger partial charge in [-0.3, -0.25) is 4.79 Å². The molecule has 126 valence electrons. The van der Waals surface area contributed by atoms with E-state index in [1.807, 2.05) is 49.6 Å². The number of thiophene rings is 1. The average molecular weight is 351 g/mol. The number of carbonyl (C=O) groups excluding carboxylic acids is 2. The largest absolute Gasteiger partial charge is 0.466 e.